The van der Waals surface area contributed by atoms with E-state index in [1.165, 1.54) is 0 Å². The van der Waals surface area contributed by atoms with E-state index < -0.39 is 0 Å². The zero-order valence-corrected chi connectivity index (χ0v) is 14.4. The van der Waals surface area contributed by atoms with Crippen LogP contribution in [-0.2, 0) is 4.79 Å². The number of carbonyl (C=O) groups excluding carboxylic acids is 2. The van der Waals surface area contributed by atoms with Gasteiger partial charge in [0.25, 0.3) is 5.91 Å². The molecule has 2 aromatic rings. The van der Waals surface area contributed by atoms with Crippen molar-refractivity contribution in [2.24, 2.45) is 0 Å². The molecule has 0 aliphatic carbocycles. The van der Waals surface area contributed by atoms with Crippen LogP contribution in [0.25, 0.3) is 0 Å². The smallest absolute Gasteiger partial charge is 0.254 e. The van der Waals surface area contributed by atoms with Gasteiger partial charge in [0, 0.05) is 38.7 Å². The predicted octanol–water partition coefficient (Wildman–Crippen LogP) is 3.17. The van der Waals surface area contributed by atoms with Gasteiger partial charge in [0.05, 0.1) is 0 Å². The van der Waals surface area contributed by atoms with Gasteiger partial charge in [-0.3, -0.25) is 9.59 Å². The summed E-state index contributed by atoms with van der Waals surface area (Å²) in [6.45, 7) is 4.08. The number of carbonyl (C=O) groups is 2. The van der Waals surface area contributed by atoms with Gasteiger partial charge >= 0.3 is 0 Å². The third-order valence-corrected chi connectivity index (χ3v) is 4.29. The van der Waals surface area contributed by atoms with Gasteiger partial charge in [-0.15, -0.1) is 0 Å². The number of amides is 2. The van der Waals surface area contributed by atoms with Gasteiger partial charge in [0.1, 0.15) is 11.5 Å². The molecule has 130 valence electrons. The molecule has 5 nitrogen and oxygen atoms in total. The molecule has 0 bridgehead atoms. The molecule has 2 amide bonds. The van der Waals surface area contributed by atoms with Gasteiger partial charge in [-0.1, -0.05) is 24.3 Å². The van der Waals surface area contributed by atoms with Crippen LogP contribution in [0.15, 0.2) is 54.6 Å². The Morgan fingerprint density at radius 1 is 0.840 bits per heavy atom. The number of hydrogen-bond acceptors (Lipinski definition) is 3. The zero-order valence-electron chi connectivity index (χ0n) is 14.4. The third kappa shape index (κ3) is 4.38. The lowest BCUT2D eigenvalue weighted by Gasteiger charge is -2.21. The van der Waals surface area contributed by atoms with E-state index in [4.69, 9.17) is 4.74 Å². The van der Waals surface area contributed by atoms with E-state index in [0.29, 0.717) is 37.5 Å². The van der Waals surface area contributed by atoms with Crippen molar-refractivity contribution in [3.63, 3.8) is 0 Å². The normalized spacial score (nSPS) is 14.8. The minimum absolute atomic E-state index is 0.0242. The Bertz CT molecular complexity index is 746. The molecule has 1 heterocycles. The van der Waals surface area contributed by atoms with E-state index in [-0.39, 0.29) is 11.8 Å². The van der Waals surface area contributed by atoms with Crippen molar-refractivity contribution < 1.29 is 14.3 Å². The van der Waals surface area contributed by atoms with Crippen molar-refractivity contribution in [1.82, 2.24) is 9.80 Å². The maximum atomic E-state index is 12.8. The highest BCUT2D eigenvalue weighted by Crippen LogP contribution is 2.22. The summed E-state index contributed by atoms with van der Waals surface area (Å²) in [6.07, 6.45) is 0.797. The van der Waals surface area contributed by atoms with Crippen LogP contribution in [0.4, 0.5) is 0 Å². The molecule has 0 N–H and O–H groups in total. The summed E-state index contributed by atoms with van der Waals surface area (Å²) >= 11 is 0. The Balaban J connectivity index is 1.70. The fraction of sp³-hybridized carbons (Fsp3) is 0.300. The number of hydrogen-bond donors (Lipinski definition) is 0. The molecule has 3 rings (SSSR count). The van der Waals surface area contributed by atoms with Crippen LogP contribution < -0.4 is 4.74 Å². The Morgan fingerprint density at radius 2 is 1.52 bits per heavy atom. The molecule has 5 heteroatoms. The summed E-state index contributed by atoms with van der Waals surface area (Å²) in [5, 5.41) is 0. The fourth-order valence-corrected chi connectivity index (χ4v) is 2.94. The van der Waals surface area contributed by atoms with E-state index in [2.05, 4.69) is 0 Å². The number of para-hydroxylation sites is 1. The van der Waals surface area contributed by atoms with Crippen LogP contribution in [0, 0.1) is 0 Å². The summed E-state index contributed by atoms with van der Waals surface area (Å²) in [7, 11) is 0. The average Bonchev–Trinajstić information content (AvgIpc) is 2.88. The minimum atomic E-state index is -0.0242. The number of benzene rings is 2. The molecular formula is C20H22N2O3. The summed E-state index contributed by atoms with van der Waals surface area (Å²) in [4.78, 5) is 27.9. The van der Waals surface area contributed by atoms with Crippen molar-refractivity contribution in [2.75, 3.05) is 26.2 Å². The highest BCUT2D eigenvalue weighted by Gasteiger charge is 2.21. The van der Waals surface area contributed by atoms with E-state index in [1.807, 2.05) is 47.4 Å². The minimum Gasteiger partial charge on any atom is -0.457 e. The van der Waals surface area contributed by atoms with Gasteiger partial charge in [0.2, 0.25) is 5.91 Å². The first-order valence-electron chi connectivity index (χ1n) is 8.51. The second kappa shape index (κ2) is 7.83. The molecule has 2 aromatic carbocycles. The van der Waals surface area contributed by atoms with E-state index in [0.717, 1.165) is 12.2 Å². The molecule has 25 heavy (non-hydrogen) atoms. The largest absolute Gasteiger partial charge is 0.457 e. The number of nitrogens with zero attached hydrogens (tertiary/aromatic N) is 2. The Morgan fingerprint density at radius 3 is 2.28 bits per heavy atom. The van der Waals surface area contributed by atoms with E-state index in [1.54, 1.807) is 24.0 Å². The molecule has 0 saturated carbocycles. The van der Waals surface area contributed by atoms with Gasteiger partial charge < -0.3 is 14.5 Å². The lowest BCUT2D eigenvalue weighted by molar-refractivity contribution is -0.128. The molecule has 1 saturated heterocycles. The topological polar surface area (TPSA) is 49.9 Å². The van der Waals surface area contributed by atoms with Crippen LogP contribution >= 0.6 is 0 Å². The molecule has 1 aliphatic rings. The molecule has 0 radical (unpaired) electrons. The third-order valence-electron chi connectivity index (χ3n) is 4.29. The Kier molecular flexibility index (Phi) is 5.33. The molecule has 0 aromatic heterocycles. The van der Waals surface area contributed by atoms with Gasteiger partial charge in [-0.2, -0.15) is 0 Å². The lowest BCUT2D eigenvalue weighted by atomic mass is 10.2. The highest BCUT2D eigenvalue weighted by atomic mass is 16.5. The quantitative estimate of drug-likeness (QED) is 0.864. The lowest BCUT2D eigenvalue weighted by Crippen LogP contribution is -2.36. The standard InChI is InChI=1S/C20H22N2O3/c1-16(23)21-11-6-12-22(14-13-21)20(24)17-7-5-10-19(15-17)25-18-8-3-2-4-9-18/h2-5,7-10,15H,6,11-14H2,1H3. The van der Waals surface area contributed by atoms with Gasteiger partial charge in [-0.05, 0) is 36.8 Å². The Labute approximate surface area is 147 Å². The molecular weight excluding hydrogens is 316 g/mol. The fourth-order valence-electron chi connectivity index (χ4n) is 2.94. The highest BCUT2D eigenvalue weighted by molar-refractivity contribution is 5.94. The van der Waals surface area contributed by atoms with Crippen molar-refractivity contribution >= 4 is 11.8 Å². The maximum Gasteiger partial charge on any atom is 0.254 e. The summed E-state index contributed by atoms with van der Waals surface area (Å²) in [6, 6.07) is 16.7. The van der Waals surface area contributed by atoms with Gasteiger partial charge in [-0.25, -0.2) is 0 Å². The first kappa shape index (κ1) is 17.0. The average molecular weight is 338 g/mol. The number of ether oxygens (including phenoxy) is 1. The summed E-state index contributed by atoms with van der Waals surface area (Å²) in [5.41, 5.74) is 0.602. The van der Waals surface area contributed by atoms with Crippen molar-refractivity contribution in [1.29, 1.82) is 0 Å². The number of rotatable bonds is 3. The maximum absolute atomic E-state index is 12.8. The van der Waals surface area contributed by atoms with Gasteiger partial charge in [0.15, 0.2) is 0 Å². The van der Waals surface area contributed by atoms with Crippen molar-refractivity contribution in [3.8, 4) is 11.5 Å². The van der Waals surface area contributed by atoms with Crippen LogP contribution in [0.2, 0.25) is 0 Å². The molecule has 1 aliphatic heterocycles. The summed E-state index contributed by atoms with van der Waals surface area (Å²) in [5.74, 6) is 1.41. The van der Waals surface area contributed by atoms with E-state index >= 15 is 0 Å². The molecule has 1 fully saturated rings. The van der Waals surface area contributed by atoms with Crippen molar-refractivity contribution in [2.45, 2.75) is 13.3 Å². The van der Waals surface area contributed by atoms with Crippen LogP contribution in [0.3, 0.4) is 0 Å². The second-order valence-electron chi connectivity index (χ2n) is 6.09. The Hall–Kier alpha value is -2.82. The molecule has 0 atom stereocenters. The molecule has 0 spiro atoms. The van der Waals surface area contributed by atoms with Crippen LogP contribution in [0.5, 0.6) is 11.5 Å². The monoisotopic (exact) mass is 338 g/mol. The first-order chi connectivity index (χ1) is 12.1. The van der Waals surface area contributed by atoms with Crippen LogP contribution in [0.1, 0.15) is 23.7 Å². The van der Waals surface area contributed by atoms with Crippen molar-refractivity contribution in [3.05, 3.63) is 60.2 Å². The first-order valence-corrected chi connectivity index (χ1v) is 8.51. The van der Waals surface area contributed by atoms with Crippen LogP contribution in [-0.4, -0.2) is 47.8 Å². The predicted molar refractivity (Wildman–Crippen MR) is 95.7 cm³/mol. The van der Waals surface area contributed by atoms with E-state index in [9.17, 15) is 9.59 Å². The molecule has 0 unspecified atom stereocenters. The zero-order chi connectivity index (χ0) is 17.6. The summed E-state index contributed by atoms with van der Waals surface area (Å²) < 4.78 is 5.81. The SMILES string of the molecule is CC(=O)N1CCCN(C(=O)c2cccc(Oc3ccccc3)c2)CC1. The second-order valence-corrected chi connectivity index (χ2v) is 6.09.